The summed E-state index contributed by atoms with van der Waals surface area (Å²) in [7, 11) is 0. The largest absolute Gasteiger partial charge is 0.364 e. The monoisotopic (exact) mass is 166 g/mol. The molecule has 0 aliphatic heterocycles. The zero-order valence-corrected chi connectivity index (χ0v) is 7.63. The molecule has 1 rings (SSSR count). The Morgan fingerprint density at radius 3 is 1.92 bits per heavy atom. The van der Waals surface area contributed by atoms with E-state index in [0.717, 1.165) is 11.1 Å². The second-order valence-corrected chi connectivity index (χ2v) is 3.17. The van der Waals surface area contributed by atoms with Gasteiger partial charge in [-0.05, 0) is 37.5 Å². The van der Waals surface area contributed by atoms with Gasteiger partial charge in [0.25, 0.3) is 0 Å². The van der Waals surface area contributed by atoms with Crippen molar-refractivity contribution in [2.24, 2.45) is 0 Å². The molecule has 1 aromatic carbocycles. The summed E-state index contributed by atoms with van der Waals surface area (Å²) in [6.07, 6.45) is -1.36. The molecule has 0 saturated carbocycles. The van der Waals surface area contributed by atoms with Crippen molar-refractivity contribution in [1.82, 2.24) is 0 Å². The van der Waals surface area contributed by atoms with Crippen LogP contribution in [-0.4, -0.2) is 10.2 Å². The molecule has 2 heteroatoms. The fourth-order valence-electron chi connectivity index (χ4n) is 1.26. The van der Waals surface area contributed by atoms with E-state index < -0.39 is 6.29 Å². The van der Waals surface area contributed by atoms with E-state index in [1.54, 1.807) is 0 Å². The lowest BCUT2D eigenvalue weighted by molar-refractivity contribution is -0.0429. The molecule has 12 heavy (non-hydrogen) atoms. The van der Waals surface area contributed by atoms with Crippen LogP contribution in [-0.2, 0) is 0 Å². The van der Waals surface area contributed by atoms with Crippen molar-refractivity contribution in [3.05, 3.63) is 34.4 Å². The van der Waals surface area contributed by atoms with Crippen LogP contribution in [0.5, 0.6) is 0 Å². The van der Waals surface area contributed by atoms with Crippen LogP contribution < -0.4 is 0 Å². The minimum Gasteiger partial charge on any atom is -0.364 e. The van der Waals surface area contributed by atoms with Gasteiger partial charge in [0, 0.05) is 5.56 Å². The van der Waals surface area contributed by atoms with E-state index >= 15 is 0 Å². The molecular weight excluding hydrogens is 152 g/mol. The Kier molecular flexibility index (Phi) is 2.50. The van der Waals surface area contributed by atoms with Crippen molar-refractivity contribution in [3.63, 3.8) is 0 Å². The average molecular weight is 166 g/mol. The van der Waals surface area contributed by atoms with E-state index in [2.05, 4.69) is 0 Å². The predicted octanol–water partition coefficient (Wildman–Crippen LogP) is 1.60. The van der Waals surface area contributed by atoms with Gasteiger partial charge in [0.1, 0.15) is 0 Å². The Morgan fingerprint density at radius 1 is 0.917 bits per heavy atom. The molecule has 0 atom stereocenters. The number of hydrogen-bond donors (Lipinski definition) is 2. The topological polar surface area (TPSA) is 40.5 Å². The lowest BCUT2D eigenvalue weighted by Crippen LogP contribution is -1.99. The first kappa shape index (κ1) is 9.23. The first-order chi connectivity index (χ1) is 5.52. The first-order valence-corrected chi connectivity index (χ1v) is 3.96. The van der Waals surface area contributed by atoms with Crippen molar-refractivity contribution in [3.8, 4) is 0 Å². The van der Waals surface area contributed by atoms with Gasteiger partial charge in [0.05, 0.1) is 0 Å². The second-order valence-electron chi connectivity index (χ2n) is 3.17. The second kappa shape index (κ2) is 3.25. The number of rotatable bonds is 1. The Hall–Kier alpha value is -0.860. The zero-order valence-electron chi connectivity index (χ0n) is 7.63. The minimum absolute atomic E-state index is 0.595. The minimum atomic E-state index is -1.36. The summed E-state index contributed by atoms with van der Waals surface area (Å²) in [5.41, 5.74) is 3.78. The van der Waals surface area contributed by atoms with Gasteiger partial charge in [-0.2, -0.15) is 0 Å². The number of aliphatic hydroxyl groups is 2. The van der Waals surface area contributed by atoms with Gasteiger partial charge in [0.15, 0.2) is 6.29 Å². The van der Waals surface area contributed by atoms with Crippen LogP contribution in [0.2, 0.25) is 0 Å². The third-order valence-corrected chi connectivity index (χ3v) is 2.16. The quantitative estimate of drug-likeness (QED) is 0.622. The Balaban J connectivity index is 3.23. The van der Waals surface area contributed by atoms with Crippen molar-refractivity contribution in [1.29, 1.82) is 0 Å². The molecule has 2 nitrogen and oxygen atoms in total. The Morgan fingerprint density at radius 2 is 1.42 bits per heavy atom. The van der Waals surface area contributed by atoms with Gasteiger partial charge in [-0.15, -0.1) is 0 Å². The number of aliphatic hydroxyl groups excluding tert-OH is 1. The van der Waals surface area contributed by atoms with Gasteiger partial charge in [-0.25, -0.2) is 0 Å². The lowest BCUT2D eigenvalue weighted by atomic mass is 10.0. The number of aryl methyl sites for hydroxylation is 3. The molecule has 0 unspecified atom stereocenters. The third kappa shape index (κ3) is 1.65. The van der Waals surface area contributed by atoms with E-state index in [1.807, 2.05) is 32.9 Å². The maximum absolute atomic E-state index is 8.98. The maximum Gasteiger partial charge on any atom is 0.178 e. The van der Waals surface area contributed by atoms with E-state index in [1.165, 1.54) is 5.56 Å². The van der Waals surface area contributed by atoms with Gasteiger partial charge in [-0.3, -0.25) is 0 Å². The van der Waals surface area contributed by atoms with Crippen molar-refractivity contribution >= 4 is 0 Å². The molecule has 0 aliphatic carbocycles. The van der Waals surface area contributed by atoms with Crippen LogP contribution in [0.1, 0.15) is 28.5 Å². The molecule has 0 amide bonds. The summed E-state index contributed by atoms with van der Waals surface area (Å²) < 4.78 is 0. The van der Waals surface area contributed by atoms with E-state index in [0.29, 0.717) is 5.56 Å². The molecule has 0 saturated heterocycles. The van der Waals surface area contributed by atoms with Crippen LogP contribution in [0.15, 0.2) is 12.1 Å². The molecule has 0 spiro atoms. The molecule has 0 fully saturated rings. The average Bonchev–Trinajstić information content (AvgIpc) is 1.96. The van der Waals surface area contributed by atoms with Gasteiger partial charge in [-0.1, -0.05) is 12.1 Å². The summed E-state index contributed by atoms with van der Waals surface area (Å²) in [5.74, 6) is 0. The molecule has 0 radical (unpaired) electrons. The summed E-state index contributed by atoms with van der Waals surface area (Å²) in [6, 6.07) is 3.78. The number of benzene rings is 1. The summed E-state index contributed by atoms with van der Waals surface area (Å²) in [4.78, 5) is 0. The standard InChI is InChI=1S/C10H14O2/c1-6-4-8(3)9(10(11)12)5-7(6)2/h4-5,10-12H,1-3H3. The molecular formula is C10H14O2. The van der Waals surface area contributed by atoms with Crippen LogP contribution in [0, 0.1) is 20.8 Å². The van der Waals surface area contributed by atoms with Crippen LogP contribution in [0.3, 0.4) is 0 Å². The molecule has 0 bridgehead atoms. The first-order valence-electron chi connectivity index (χ1n) is 3.96. The zero-order chi connectivity index (χ0) is 9.30. The van der Waals surface area contributed by atoms with Crippen molar-refractivity contribution in [2.45, 2.75) is 27.1 Å². The molecule has 1 aromatic rings. The molecule has 0 heterocycles. The van der Waals surface area contributed by atoms with Crippen LogP contribution in [0.25, 0.3) is 0 Å². The van der Waals surface area contributed by atoms with Crippen molar-refractivity contribution in [2.75, 3.05) is 0 Å². The maximum atomic E-state index is 8.98. The van der Waals surface area contributed by atoms with E-state index in [9.17, 15) is 0 Å². The number of hydrogen-bond acceptors (Lipinski definition) is 2. The summed E-state index contributed by atoms with van der Waals surface area (Å²) in [5, 5.41) is 18.0. The van der Waals surface area contributed by atoms with Crippen LogP contribution >= 0.6 is 0 Å². The van der Waals surface area contributed by atoms with E-state index in [-0.39, 0.29) is 0 Å². The Labute approximate surface area is 72.5 Å². The highest BCUT2D eigenvalue weighted by molar-refractivity contribution is 5.36. The van der Waals surface area contributed by atoms with Gasteiger partial charge in [0.2, 0.25) is 0 Å². The normalized spacial score (nSPS) is 10.8. The SMILES string of the molecule is Cc1cc(C)c(C(O)O)cc1C. The summed E-state index contributed by atoms with van der Waals surface area (Å²) in [6.45, 7) is 5.84. The fraction of sp³-hybridized carbons (Fsp3) is 0.400. The molecule has 0 aromatic heterocycles. The highest BCUT2D eigenvalue weighted by atomic mass is 16.5. The van der Waals surface area contributed by atoms with Gasteiger partial charge >= 0.3 is 0 Å². The molecule has 2 N–H and O–H groups in total. The lowest BCUT2D eigenvalue weighted by Gasteiger charge is -2.10. The van der Waals surface area contributed by atoms with E-state index in [4.69, 9.17) is 10.2 Å². The highest BCUT2D eigenvalue weighted by Crippen LogP contribution is 2.19. The fourth-order valence-corrected chi connectivity index (χ4v) is 1.26. The van der Waals surface area contributed by atoms with Crippen molar-refractivity contribution < 1.29 is 10.2 Å². The molecule has 0 aliphatic rings. The molecule has 66 valence electrons. The third-order valence-electron chi connectivity index (χ3n) is 2.16. The Bertz CT molecular complexity index is 290. The smallest absolute Gasteiger partial charge is 0.178 e. The van der Waals surface area contributed by atoms with Gasteiger partial charge < -0.3 is 10.2 Å². The van der Waals surface area contributed by atoms with Crippen LogP contribution in [0.4, 0.5) is 0 Å². The highest BCUT2D eigenvalue weighted by Gasteiger charge is 2.07. The predicted molar refractivity (Wildman–Crippen MR) is 47.8 cm³/mol. The summed E-state index contributed by atoms with van der Waals surface area (Å²) >= 11 is 0.